The van der Waals surface area contributed by atoms with Crippen molar-refractivity contribution < 1.29 is 14.3 Å². The van der Waals surface area contributed by atoms with Crippen LogP contribution in [0.25, 0.3) is 0 Å². The van der Waals surface area contributed by atoms with E-state index >= 15 is 0 Å². The molecule has 2 aliphatic rings. The van der Waals surface area contributed by atoms with E-state index in [1.807, 2.05) is 48.5 Å². The molecule has 1 heterocycles. The molecule has 1 amide bonds. The van der Waals surface area contributed by atoms with Gasteiger partial charge in [-0.15, -0.1) is 0 Å². The van der Waals surface area contributed by atoms with Crippen molar-refractivity contribution in [3.63, 3.8) is 0 Å². The highest BCUT2D eigenvalue weighted by molar-refractivity contribution is 6.30. The molecule has 2 N–H and O–H groups in total. The van der Waals surface area contributed by atoms with Crippen LogP contribution in [-0.4, -0.2) is 61.7 Å². The van der Waals surface area contributed by atoms with Gasteiger partial charge in [0, 0.05) is 36.6 Å². The Labute approximate surface area is 224 Å². The first-order valence-electron chi connectivity index (χ1n) is 13.1. The van der Waals surface area contributed by atoms with E-state index in [0.29, 0.717) is 51.0 Å². The molecule has 1 aliphatic carbocycles. The predicted molar refractivity (Wildman–Crippen MR) is 148 cm³/mol. The van der Waals surface area contributed by atoms with Crippen molar-refractivity contribution >= 4 is 29.0 Å². The minimum Gasteiger partial charge on any atom is -0.378 e. The maximum atomic E-state index is 13.2. The normalized spacial score (nSPS) is 23.1. The van der Waals surface area contributed by atoms with Gasteiger partial charge in [0.05, 0.1) is 24.5 Å². The van der Waals surface area contributed by atoms with Gasteiger partial charge in [-0.3, -0.25) is 14.6 Å². The smallest absolute Gasteiger partial charge is 0.257 e. The van der Waals surface area contributed by atoms with Gasteiger partial charge in [0.15, 0.2) is 5.78 Å². The highest BCUT2D eigenvalue weighted by Crippen LogP contribution is 2.41. The fourth-order valence-electron chi connectivity index (χ4n) is 5.29. The first kappa shape index (κ1) is 27.2. The molecule has 6 nitrogen and oxygen atoms in total. The number of carbonyl (C=O) groups excluding carboxylic acids is 2. The molecular formula is C30H36ClN3O3. The number of rotatable bonds is 8. The van der Waals surface area contributed by atoms with Crippen molar-refractivity contribution in [2.45, 2.75) is 38.0 Å². The minimum atomic E-state index is -0.258. The molecule has 1 saturated heterocycles. The molecule has 2 aromatic rings. The van der Waals surface area contributed by atoms with Crippen molar-refractivity contribution in [3.05, 3.63) is 82.4 Å². The molecule has 4 rings (SSSR count). The number of amides is 1. The minimum absolute atomic E-state index is 0.0559. The Balaban J connectivity index is 1.54. The summed E-state index contributed by atoms with van der Waals surface area (Å²) in [6.07, 6.45) is 5.65. The van der Waals surface area contributed by atoms with Crippen molar-refractivity contribution in [2.75, 3.05) is 39.4 Å². The van der Waals surface area contributed by atoms with Crippen LogP contribution in [0.5, 0.6) is 0 Å². The number of morpholine rings is 1. The number of ketones is 1. The van der Waals surface area contributed by atoms with E-state index in [1.54, 1.807) is 11.0 Å². The van der Waals surface area contributed by atoms with Crippen LogP contribution in [0, 0.1) is 5.92 Å². The van der Waals surface area contributed by atoms with Gasteiger partial charge in [-0.1, -0.05) is 54.1 Å². The Morgan fingerprint density at radius 2 is 1.81 bits per heavy atom. The van der Waals surface area contributed by atoms with Crippen molar-refractivity contribution in [1.82, 2.24) is 4.90 Å². The Kier molecular flexibility index (Phi) is 9.30. The molecule has 0 aromatic heterocycles. The molecule has 196 valence electrons. The van der Waals surface area contributed by atoms with Crippen LogP contribution in [0.2, 0.25) is 5.02 Å². The van der Waals surface area contributed by atoms with E-state index in [1.165, 1.54) is 12.5 Å². The van der Waals surface area contributed by atoms with Gasteiger partial charge in [0.1, 0.15) is 0 Å². The van der Waals surface area contributed by atoms with E-state index in [2.05, 4.69) is 6.07 Å². The summed E-state index contributed by atoms with van der Waals surface area (Å²) in [5.41, 5.74) is 9.16. The van der Waals surface area contributed by atoms with Crippen molar-refractivity contribution in [2.24, 2.45) is 16.6 Å². The molecule has 0 atom stereocenters. The number of aliphatic imine (C=N–C) groups is 1. The molecule has 2 fully saturated rings. The summed E-state index contributed by atoms with van der Waals surface area (Å²) in [6, 6.07) is 17.8. The van der Waals surface area contributed by atoms with Gasteiger partial charge >= 0.3 is 0 Å². The first-order chi connectivity index (χ1) is 17.9. The number of Topliss-reactive ketones (excluding diaryl/α,β-unsaturated/α-hetero) is 1. The summed E-state index contributed by atoms with van der Waals surface area (Å²) in [6.45, 7) is 4.60. The van der Waals surface area contributed by atoms with Gasteiger partial charge in [0.25, 0.3) is 5.91 Å². The molecule has 1 aliphatic heterocycles. The lowest BCUT2D eigenvalue weighted by molar-refractivity contribution is -0.132. The predicted octanol–water partition coefficient (Wildman–Crippen LogP) is 4.59. The van der Waals surface area contributed by atoms with Crippen LogP contribution in [-0.2, 0) is 19.7 Å². The maximum Gasteiger partial charge on any atom is 0.257 e. The number of ether oxygens (including phenoxy) is 1. The highest BCUT2D eigenvalue weighted by atomic mass is 35.5. The van der Waals surface area contributed by atoms with E-state index in [0.717, 1.165) is 36.3 Å². The lowest BCUT2D eigenvalue weighted by Crippen LogP contribution is -2.42. The standard InChI is InChI=1S/C30H36ClN3O3/c1-22(35)27(29(36)34-14-16-37-17-15-34)19-28(24-6-3-2-4-7-24)33-20-23-10-12-30(21-32,13-11-23)25-8-5-9-26(31)18-25/h2-9,18-19,23H,10-17,20-21,32H2,1H3/b27-19+,33-28+. The van der Waals surface area contributed by atoms with Crippen LogP contribution in [0.3, 0.4) is 0 Å². The quantitative estimate of drug-likeness (QED) is 0.238. The lowest BCUT2D eigenvalue weighted by Gasteiger charge is -2.39. The van der Waals surface area contributed by atoms with Crippen LogP contribution in [0.1, 0.15) is 43.7 Å². The zero-order chi connectivity index (χ0) is 26.3. The average Bonchev–Trinajstić information content (AvgIpc) is 2.94. The van der Waals surface area contributed by atoms with Gasteiger partial charge in [-0.05, 0) is 67.9 Å². The number of allylic oxidation sites excluding steroid dienone is 1. The second kappa shape index (κ2) is 12.6. The van der Waals surface area contributed by atoms with Crippen molar-refractivity contribution in [3.8, 4) is 0 Å². The second-order valence-electron chi connectivity index (χ2n) is 10.0. The van der Waals surface area contributed by atoms with Crippen LogP contribution >= 0.6 is 11.6 Å². The summed E-state index contributed by atoms with van der Waals surface area (Å²) in [5, 5.41) is 0.740. The maximum absolute atomic E-state index is 13.2. The molecule has 0 spiro atoms. The Morgan fingerprint density at radius 1 is 1.11 bits per heavy atom. The average molecular weight is 522 g/mol. The fraction of sp³-hybridized carbons (Fsp3) is 0.433. The summed E-state index contributed by atoms with van der Waals surface area (Å²) >= 11 is 6.27. The number of benzene rings is 2. The summed E-state index contributed by atoms with van der Waals surface area (Å²) in [5.74, 6) is -0.111. The number of halogens is 1. The zero-order valence-electron chi connectivity index (χ0n) is 21.5. The summed E-state index contributed by atoms with van der Waals surface area (Å²) in [4.78, 5) is 32.4. The fourth-order valence-corrected chi connectivity index (χ4v) is 5.48. The summed E-state index contributed by atoms with van der Waals surface area (Å²) < 4.78 is 5.37. The van der Waals surface area contributed by atoms with E-state index in [4.69, 9.17) is 27.1 Å². The molecule has 0 radical (unpaired) electrons. The third kappa shape index (κ3) is 6.75. The number of hydrogen-bond acceptors (Lipinski definition) is 5. The SMILES string of the molecule is CC(=O)/C(=C\C(=N/CC1CCC(CN)(c2cccc(Cl)c2)CC1)c1ccccc1)C(=O)N1CCOCC1. The first-order valence-corrected chi connectivity index (χ1v) is 13.5. The molecular weight excluding hydrogens is 486 g/mol. The largest absolute Gasteiger partial charge is 0.378 e. The zero-order valence-corrected chi connectivity index (χ0v) is 22.3. The molecule has 0 bridgehead atoms. The Morgan fingerprint density at radius 3 is 2.43 bits per heavy atom. The van der Waals surface area contributed by atoms with Crippen LogP contribution < -0.4 is 5.73 Å². The topological polar surface area (TPSA) is 85.0 Å². The molecule has 37 heavy (non-hydrogen) atoms. The van der Waals surface area contributed by atoms with Gasteiger partial charge in [-0.2, -0.15) is 0 Å². The molecule has 1 saturated carbocycles. The van der Waals surface area contributed by atoms with Crippen LogP contribution in [0.15, 0.2) is 71.2 Å². The number of carbonyl (C=O) groups is 2. The third-order valence-electron chi connectivity index (χ3n) is 7.67. The van der Waals surface area contributed by atoms with Crippen molar-refractivity contribution in [1.29, 1.82) is 0 Å². The number of nitrogens with two attached hydrogens (primary N) is 1. The van der Waals surface area contributed by atoms with Gasteiger partial charge in [0.2, 0.25) is 0 Å². The van der Waals surface area contributed by atoms with E-state index < -0.39 is 0 Å². The number of nitrogens with zero attached hydrogens (tertiary/aromatic N) is 2. The Bertz CT molecular complexity index is 1150. The third-order valence-corrected chi connectivity index (χ3v) is 7.90. The molecule has 2 aromatic carbocycles. The Hall–Kier alpha value is -2.80. The van der Waals surface area contributed by atoms with E-state index in [9.17, 15) is 9.59 Å². The summed E-state index contributed by atoms with van der Waals surface area (Å²) in [7, 11) is 0. The van der Waals surface area contributed by atoms with E-state index in [-0.39, 0.29) is 22.7 Å². The van der Waals surface area contributed by atoms with Crippen LogP contribution in [0.4, 0.5) is 0 Å². The van der Waals surface area contributed by atoms with Gasteiger partial charge in [-0.25, -0.2) is 0 Å². The molecule has 7 heteroatoms. The monoisotopic (exact) mass is 521 g/mol. The second-order valence-corrected chi connectivity index (χ2v) is 10.5. The molecule has 0 unspecified atom stereocenters. The lowest BCUT2D eigenvalue weighted by atomic mass is 9.66. The number of hydrogen-bond donors (Lipinski definition) is 1. The highest BCUT2D eigenvalue weighted by Gasteiger charge is 2.36. The van der Waals surface area contributed by atoms with Gasteiger partial charge < -0.3 is 15.4 Å².